The van der Waals surface area contributed by atoms with E-state index in [1.165, 1.54) is 0 Å². The minimum absolute atomic E-state index is 0.0643. The fourth-order valence-electron chi connectivity index (χ4n) is 4.86. The summed E-state index contributed by atoms with van der Waals surface area (Å²) < 4.78 is 21.8. The van der Waals surface area contributed by atoms with E-state index in [1.807, 2.05) is 31.2 Å². The molecule has 2 saturated heterocycles. The Morgan fingerprint density at radius 2 is 1.78 bits per heavy atom. The molecule has 2 fully saturated rings. The highest BCUT2D eigenvalue weighted by Crippen LogP contribution is 2.41. The van der Waals surface area contributed by atoms with E-state index in [0.29, 0.717) is 55.6 Å². The molecule has 9 nitrogen and oxygen atoms in total. The summed E-state index contributed by atoms with van der Waals surface area (Å²) in [5.41, 5.74) is 1.18. The Bertz CT molecular complexity index is 1160. The Hall–Kier alpha value is -3.56. The number of nitrogens with zero attached hydrogens (tertiary/aromatic N) is 2. The second-order valence-electron chi connectivity index (χ2n) is 8.87. The normalized spacial score (nSPS) is 21.2. The van der Waals surface area contributed by atoms with Gasteiger partial charge < -0.3 is 29.0 Å². The van der Waals surface area contributed by atoms with Gasteiger partial charge in [-0.25, -0.2) is 0 Å². The molecular formula is C27H30N2O7. The van der Waals surface area contributed by atoms with Gasteiger partial charge in [0.15, 0.2) is 11.5 Å². The largest absolute Gasteiger partial charge is 0.507 e. The fraction of sp³-hybridized carbons (Fsp3) is 0.407. The molecule has 190 valence electrons. The molecule has 3 heterocycles. The van der Waals surface area contributed by atoms with E-state index < -0.39 is 17.7 Å². The van der Waals surface area contributed by atoms with Gasteiger partial charge in [0.05, 0.1) is 31.4 Å². The lowest BCUT2D eigenvalue weighted by Crippen LogP contribution is -2.38. The fourth-order valence-corrected chi connectivity index (χ4v) is 4.86. The van der Waals surface area contributed by atoms with Crippen LogP contribution in [0.25, 0.3) is 5.76 Å². The van der Waals surface area contributed by atoms with Gasteiger partial charge in [0.25, 0.3) is 11.7 Å². The molecule has 1 N–H and O–H groups in total. The van der Waals surface area contributed by atoms with Crippen LogP contribution in [0, 0.1) is 0 Å². The average molecular weight is 495 g/mol. The topological polar surface area (TPSA) is 97.8 Å². The summed E-state index contributed by atoms with van der Waals surface area (Å²) >= 11 is 0. The summed E-state index contributed by atoms with van der Waals surface area (Å²) in [6, 6.07) is 11.5. The van der Waals surface area contributed by atoms with Gasteiger partial charge in [-0.05, 0) is 49.2 Å². The molecule has 36 heavy (non-hydrogen) atoms. The molecule has 1 unspecified atom stereocenters. The molecule has 1 amide bonds. The zero-order valence-corrected chi connectivity index (χ0v) is 20.3. The number of ketones is 1. The Kier molecular flexibility index (Phi) is 7.11. The number of aliphatic hydroxyl groups is 1. The molecule has 0 radical (unpaired) electrons. The molecule has 9 heteroatoms. The summed E-state index contributed by atoms with van der Waals surface area (Å²) in [6.45, 7) is 6.82. The summed E-state index contributed by atoms with van der Waals surface area (Å²) in [6.07, 6.45) is 0.699. The number of aliphatic hydroxyl groups excluding tert-OH is 1. The van der Waals surface area contributed by atoms with Crippen molar-refractivity contribution in [3.8, 4) is 17.2 Å². The Labute approximate surface area is 209 Å². The highest BCUT2D eigenvalue weighted by Gasteiger charge is 2.46. The van der Waals surface area contributed by atoms with Crippen molar-refractivity contribution in [3.05, 3.63) is 59.2 Å². The number of Topliss-reactive ketones (excluding diaryl/α,β-unsaturated/α-hetero) is 1. The highest BCUT2D eigenvalue weighted by molar-refractivity contribution is 6.46. The molecule has 2 aromatic rings. The van der Waals surface area contributed by atoms with Gasteiger partial charge in [-0.2, -0.15) is 0 Å². The molecular weight excluding hydrogens is 464 g/mol. The van der Waals surface area contributed by atoms with Crippen LogP contribution in [0.1, 0.15) is 30.5 Å². The summed E-state index contributed by atoms with van der Waals surface area (Å²) in [4.78, 5) is 30.3. The Morgan fingerprint density at radius 1 is 1.03 bits per heavy atom. The third-order valence-electron chi connectivity index (χ3n) is 6.67. The van der Waals surface area contributed by atoms with Crippen LogP contribution in [0.15, 0.2) is 48.0 Å². The first kappa shape index (κ1) is 24.1. The quantitative estimate of drug-likeness (QED) is 0.340. The van der Waals surface area contributed by atoms with E-state index in [0.717, 1.165) is 25.2 Å². The van der Waals surface area contributed by atoms with Gasteiger partial charge in [0.2, 0.25) is 6.79 Å². The van der Waals surface area contributed by atoms with Crippen LogP contribution in [0.4, 0.5) is 0 Å². The first-order valence-electron chi connectivity index (χ1n) is 12.3. The molecule has 0 saturated carbocycles. The molecule has 1 atom stereocenters. The molecule has 5 rings (SSSR count). The average Bonchev–Trinajstić information content (AvgIpc) is 3.47. The van der Waals surface area contributed by atoms with Crippen LogP contribution in [0.5, 0.6) is 17.2 Å². The van der Waals surface area contributed by atoms with E-state index >= 15 is 0 Å². The van der Waals surface area contributed by atoms with E-state index in [1.54, 1.807) is 23.1 Å². The number of hydrogen-bond donors (Lipinski definition) is 1. The van der Waals surface area contributed by atoms with E-state index in [9.17, 15) is 14.7 Å². The second kappa shape index (κ2) is 10.6. The third kappa shape index (κ3) is 4.76. The number of carbonyl (C=O) groups excluding carboxylic acids is 2. The second-order valence-corrected chi connectivity index (χ2v) is 8.87. The zero-order valence-electron chi connectivity index (χ0n) is 20.3. The number of benzene rings is 2. The van der Waals surface area contributed by atoms with Gasteiger partial charge in [-0.3, -0.25) is 14.5 Å². The van der Waals surface area contributed by atoms with E-state index in [-0.39, 0.29) is 18.1 Å². The molecule has 0 aliphatic carbocycles. The predicted octanol–water partition coefficient (Wildman–Crippen LogP) is 2.96. The Balaban J connectivity index is 1.47. The van der Waals surface area contributed by atoms with Crippen LogP contribution in [-0.2, 0) is 14.3 Å². The summed E-state index contributed by atoms with van der Waals surface area (Å²) in [5, 5.41) is 11.3. The van der Waals surface area contributed by atoms with Gasteiger partial charge in [-0.1, -0.05) is 12.1 Å². The first-order chi connectivity index (χ1) is 17.6. The smallest absolute Gasteiger partial charge is 0.295 e. The van der Waals surface area contributed by atoms with Gasteiger partial charge in [0, 0.05) is 31.7 Å². The first-order valence-corrected chi connectivity index (χ1v) is 12.3. The van der Waals surface area contributed by atoms with Crippen molar-refractivity contribution in [1.29, 1.82) is 0 Å². The molecule has 3 aliphatic rings. The van der Waals surface area contributed by atoms with Gasteiger partial charge >= 0.3 is 0 Å². The minimum atomic E-state index is -0.712. The molecule has 3 aliphatic heterocycles. The minimum Gasteiger partial charge on any atom is -0.507 e. The number of amides is 1. The lowest BCUT2D eigenvalue weighted by molar-refractivity contribution is -0.140. The Morgan fingerprint density at radius 3 is 2.53 bits per heavy atom. The number of carbonyl (C=O) groups is 2. The molecule has 0 spiro atoms. The lowest BCUT2D eigenvalue weighted by Gasteiger charge is -2.29. The maximum absolute atomic E-state index is 13.3. The monoisotopic (exact) mass is 494 g/mol. The maximum Gasteiger partial charge on any atom is 0.295 e. The van der Waals surface area contributed by atoms with Crippen LogP contribution in [0.2, 0.25) is 0 Å². The lowest BCUT2D eigenvalue weighted by atomic mass is 9.95. The van der Waals surface area contributed by atoms with Crippen LogP contribution >= 0.6 is 0 Å². The molecule has 0 bridgehead atoms. The van der Waals surface area contributed by atoms with E-state index in [4.69, 9.17) is 18.9 Å². The number of likely N-dealkylation sites (tertiary alicyclic amines) is 1. The SMILES string of the molecule is CCOc1ccc(C2/C(=C(\O)c3ccc4c(c3)OCO4)C(=O)C(=O)N2CCCN2CCOCC2)cc1. The van der Waals surface area contributed by atoms with Crippen molar-refractivity contribution < 1.29 is 33.6 Å². The number of hydrogen-bond acceptors (Lipinski definition) is 8. The van der Waals surface area contributed by atoms with Gasteiger partial charge in [0.1, 0.15) is 11.5 Å². The predicted molar refractivity (Wildman–Crippen MR) is 131 cm³/mol. The van der Waals surface area contributed by atoms with Gasteiger partial charge in [-0.15, -0.1) is 0 Å². The number of rotatable bonds is 8. The third-order valence-corrected chi connectivity index (χ3v) is 6.67. The zero-order chi connectivity index (χ0) is 25.1. The maximum atomic E-state index is 13.3. The highest BCUT2D eigenvalue weighted by atomic mass is 16.7. The van der Waals surface area contributed by atoms with Crippen molar-refractivity contribution >= 4 is 17.4 Å². The molecule has 2 aromatic carbocycles. The van der Waals surface area contributed by atoms with Crippen LogP contribution in [-0.4, -0.2) is 79.4 Å². The van der Waals surface area contributed by atoms with Crippen LogP contribution < -0.4 is 14.2 Å². The van der Waals surface area contributed by atoms with Crippen molar-refractivity contribution in [1.82, 2.24) is 9.80 Å². The van der Waals surface area contributed by atoms with Crippen molar-refractivity contribution in [2.75, 3.05) is 52.8 Å². The molecule has 0 aromatic heterocycles. The number of morpholine rings is 1. The number of ether oxygens (including phenoxy) is 4. The number of fused-ring (bicyclic) bond motifs is 1. The summed E-state index contributed by atoms with van der Waals surface area (Å²) in [5.74, 6) is 0.200. The van der Waals surface area contributed by atoms with Crippen molar-refractivity contribution in [3.63, 3.8) is 0 Å². The van der Waals surface area contributed by atoms with Crippen molar-refractivity contribution in [2.45, 2.75) is 19.4 Å². The standard InChI is InChI=1S/C27H30N2O7/c1-2-34-20-7-4-18(5-8-20)24-23(25(30)19-6-9-21-22(16-19)36-17-35-21)26(31)27(32)29(24)11-3-10-28-12-14-33-15-13-28/h4-9,16,24,30H,2-3,10-15,17H2,1H3/b25-23+. The van der Waals surface area contributed by atoms with Crippen molar-refractivity contribution in [2.24, 2.45) is 0 Å². The van der Waals surface area contributed by atoms with E-state index in [2.05, 4.69) is 4.90 Å². The summed E-state index contributed by atoms with van der Waals surface area (Å²) in [7, 11) is 0. The van der Waals surface area contributed by atoms with Crippen LogP contribution in [0.3, 0.4) is 0 Å².